The van der Waals surface area contributed by atoms with Crippen LogP contribution in [-0.4, -0.2) is 81.8 Å². The number of rotatable bonds is 16. The van der Waals surface area contributed by atoms with E-state index in [0.29, 0.717) is 12.1 Å². The first kappa shape index (κ1) is 28.8. The van der Waals surface area contributed by atoms with Crippen molar-refractivity contribution in [2.75, 3.05) is 13.1 Å². The number of aliphatic carboxylic acids is 1. The Hall–Kier alpha value is -4.21. The highest BCUT2D eigenvalue weighted by Gasteiger charge is 2.30. The average molecular weight is 497 g/mol. The molecule has 1 aromatic heterocycles. The summed E-state index contributed by atoms with van der Waals surface area (Å²) in [7, 11) is 0. The van der Waals surface area contributed by atoms with Gasteiger partial charge in [0.05, 0.1) is 12.9 Å². The molecule has 0 fully saturated rings. The van der Waals surface area contributed by atoms with Crippen molar-refractivity contribution in [3.8, 4) is 0 Å². The van der Waals surface area contributed by atoms with E-state index < -0.39 is 47.7 Å². The third-order valence-electron chi connectivity index (χ3n) is 4.69. The van der Waals surface area contributed by atoms with E-state index in [1.807, 2.05) is 0 Å². The summed E-state index contributed by atoms with van der Waals surface area (Å²) in [5.74, 6) is -4.40. The Morgan fingerprint density at radius 2 is 1.63 bits per heavy atom. The van der Waals surface area contributed by atoms with Gasteiger partial charge in [0.15, 0.2) is 5.96 Å². The molecule has 16 nitrogen and oxygen atoms in total. The van der Waals surface area contributed by atoms with Crippen LogP contribution in [0.4, 0.5) is 0 Å². The van der Waals surface area contributed by atoms with Crippen LogP contribution in [-0.2, 0) is 30.4 Å². The van der Waals surface area contributed by atoms with Gasteiger partial charge in [-0.25, -0.2) is 9.78 Å². The number of hydrogen-bond acceptors (Lipinski definition) is 8. The second-order valence-corrected chi connectivity index (χ2v) is 7.52. The number of nitrogens with zero attached hydrogens (tertiary/aromatic N) is 2. The molecule has 0 saturated carbocycles. The van der Waals surface area contributed by atoms with E-state index in [9.17, 15) is 29.1 Å². The van der Waals surface area contributed by atoms with Gasteiger partial charge < -0.3 is 49.0 Å². The van der Waals surface area contributed by atoms with E-state index in [-0.39, 0.29) is 44.7 Å². The van der Waals surface area contributed by atoms with Crippen molar-refractivity contribution in [3.05, 3.63) is 18.2 Å². The van der Waals surface area contributed by atoms with Crippen molar-refractivity contribution in [1.82, 2.24) is 25.9 Å². The fraction of sp³-hybridized carbons (Fsp3) is 0.526. The third kappa shape index (κ3) is 11.5. The Bertz CT molecular complexity index is 900. The summed E-state index contributed by atoms with van der Waals surface area (Å²) in [6.45, 7) is -0.193. The number of H-pyrrole nitrogens is 1. The van der Waals surface area contributed by atoms with Gasteiger partial charge in [0.25, 0.3) is 0 Å². The van der Waals surface area contributed by atoms with Crippen LogP contribution in [0, 0.1) is 0 Å². The quantitative estimate of drug-likeness (QED) is 0.0603. The molecular formula is C19H32N10O6. The first-order chi connectivity index (χ1) is 16.5. The Kier molecular flexibility index (Phi) is 12.2. The second-order valence-electron chi connectivity index (χ2n) is 7.52. The standard InChI is InChI=1S/C19H32N10O6/c20-7-15(31)27-11(2-1-5-25-19(22)23)16(32)28-12(3-4-14(21)30)17(33)29-13(18(34)35)6-10-8-24-9-26-10/h8-9,11-13H,1-7,20H2,(H2,21,30)(H,24,26)(H,27,31)(H,28,32)(H,29,33)(H,34,35)(H4,22,23,25). The maximum atomic E-state index is 12.9. The van der Waals surface area contributed by atoms with Crippen LogP contribution < -0.4 is 38.9 Å². The lowest BCUT2D eigenvalue weighted by molar-refractivity contribution is -0.142. The normalized spacial score (nSPS) is 13.1. The van der Waals surface area contributed by atoms with Crippen LogP contribution in [0.15, 0.2) is 17.5 Å². The summed E-state index contributed by atoms with van der Waals surface area (Å²) < 4.78 is 0. The maximum Gasteiger partial charge on any atom is 0.326 e. The third-order valence-corrected chi connectivity index (χ3v) is 4.69. The van der Waals surface area contributed by atoms with Crippen molar-refractivity contribution in [2.45, 2.75) is 50.2 Å². The van der Waals surface area contributed by atoms with Gasteiger partial charge in [0.2, 0.25) is 23.6 Å². The number of aromatic nitrogens is 2. The Morgan fingerprint density at radius 1 is 1.00 bits per heavy atom. The molecule has 16 heteroatoms. The number of carbonyl (C=O) groups excluding carboxylic acids is 4. The van der Waals surface area contributed by atoms with Crippen LogP contribution in [0.1, 0.15) is 31.4 Å². The fourth-order valence-corrected chi connectivity index (χ4v) is 2.94. The molecule has 4 amide bonds. The molecule has 0 aliphatic rings. The van der Waals surface area contributed by atoms with E-state index in [1.165, 1.54) is 12.5 Å². The lowest BCUT2D eigenvalue weighted by atomic mass is 10.1. The maximum absolute atomic E-state index is 12.9. The van der Waals surface area contributed by atoms with Gasteiger partial charge in [-0.1, -0.05) is 0 Å². The number of carboxylic acid groups (broad SMARTS) is 1. The van der Waals surface area contributed by atoms with Crippen molar-refractivity contribution in [3.63, 3.8) is 0 Å². The predicted octanol–water partition coefficient (Wildman–Crippen LogP) is -4.23. The monoisotopic (exact) mass is 496 g/mol. The van der Waals surface area contributed by atoms with Gasteiger partial charge in [-0.05, 0) is 19.3 Å². The van der Waals surface area contributed by atoms with Crippen molar-refractivity contribution in [2.24, 2.45) is 27.9 Å². The van der Waals surface area contributed by atoms with Gasteiger partial charge in [-0.2, -0.15) is 0 Å². The van der Waals surface area contributed by atoms with Crippen LogP contribution in [0.5, 0.6) is 0 Å². The van der Waals surface area contributed by atoms with E-state index in [1.54, 1.807) is 0 Å². The van der Waals surface area contributed by atoms with Crippen LogP contribution in [0.2, 0.25) is 0 Å². The molecule has 1 aromatic rings. The minimum atomic E-state index is -1.34. The van der Waals surface area contributed by atoms with Gasteiger partial charge in [-0.3, -0.25) is 24.2 Å². The minimum Gasteiger partial charge on any atom is -0.480 e. The Morgan fingerprint density at radius 3 is 2.14 bits per heavy atom. The number of carbonyl (C=O) groups is 5. The molecule has 0 radical (unpaired) electrons. The average Bonchev–Trinajstić information content (AvgIpc) is 3.30. The molecule has 13 N–H and O–H groups in total. The minimum absolute atomic E-state index is 0.0997. The van der Waals surface area contributed by atoms with Crippen LogP contribution in [0.25, 0.3) is 0 Å². The summed E-state index contributed by atoms with van der Waals surface area (Å²) in [5, 5.41) is 16.7. The molecule has 1 rings (SSSR count). The second kappa shape index (κ2) is 14.8. The van der Waals surface area contributed by atoms with E-state index in [2.05, 4.69) is 30.9 Å². The molecular weight excluding hydrogens is 464 g/mol. The van der Waals surface area contributed by atoms with Gasteiger partial charge in [0, 0.05) is 31.3 Å². The molecule has 1 heterocycles. The topological polar surface area (TPSA) is 287 Å². The summed E-state index contributed by atoms with van der Waals surface area (Å²) >= 11 is 0. The van der Waals surface area contributed by atoms with Crippen LogP contribution >= 0.6 is 0 Å². The molecule has 0 aromatic carbocycles. The summed E-state index contributed by atoms with van der Waals surface area (Å²) in [6.07, 6.45) is 2.62. The zero-order valence-corrected chi connectivity index (χ0v) is 19.0. The van der Waals surface area contributed by atoms with Crippen molar-refractivity contribution < 1.29 is 29.1 Å². The Labute approximate surface area is 200 Å². The zero-order chi connectivity index (χ0) is 26.4. The van der Waals surface area contributed by atoms with E-state index in [0.717, 1.165) is 0 Å². The SMILES string of the molecule is NCC(=O)NC(CCCN=C(N)N)C(=O)NC(CCC(N)=O)C(=O)NC(Cc1cnc[nH]1)C(=O)O. The molecule has 0 spiro atoms. The highest BCUT2D eigenvalue weighted by Crippen LogP contribution is 2.05. The first-order valence-corrected chi connectivity index (χ1v) is 10.7. The lowest BCUT2D eigenvalue weighted by Crippen LogP contribution is -2.56. The summed E-state index contributed by atoms with van der Waals surface area (Å²) in [6, 6.07) is -3.75. The summed E-state index contributed by atoms with van der Waals surface area (Å²) in [5.41, 5.74) is 21.5. The van der Waals surface area contributed by atoms with Gasteiger partial charge in [0.1, 0.15) is 18.1 Å². The number of nitrogens with two attached hydrogens (primary N) is 4. The lowest BCUT2D eigenvalue weighted by Gasteiger charge is -2.24. The molecule has 0 bridgehead atoms. The first-order valence-electron chi connectivity index (χ1n) is 10.7. The number of aromatic amines is 1. The summed E-state index contributed by atoms with van der Waals surface area (Å²) in [4.78, 5) is 70.7. The zero-order valence-electron chi connectivity index (χ0n) is 19.0. The molecule has 0 aliphatic carbocycles. The number of amides is 4. The number of imidazole rings is 1. The number of guanidine groups is 1. The fourth-order valence-electron chi connectivity index (χ4n) is 2.94. The number of hydrogen-bond donors (Lipinski definition) is 9. The molecule has 35 heavy (non-hydrogen) atoms. The number of primary amides is 1. The molecule has 0 saturated heterocycles. The smallest absolute Gasteiger partial charge is 0.326 e. The number of carboxylic acids is 1. The largest absolute Gasteiger partial charge is 0.480 e. The van der Waals surface area contributed by atoms with Crippen molar-refractivity contribution in [1.29, 1.82) is 0 Å². The van der Waals surface area contributed by atoms with Gasteiger partial charge >= 0.3 is 5.97 Å². The van der Waals surface area contributed by atoms with E-state index in [4.69, 9.17) is 22.9 Å². The molecule has 3 unspecified atom stereocenters. The molecule has 0 aliphatic heterocycles. The van der Waals surface area contributed by atoms with E-state index >= 15 is 0 Å². The highest BCUT2D eigenvalue weighted by atomic mass is 16.4. The van der Waals surface area contributed by atoms with Gasteiger partial charge in [-0.15, -0.1) is 0 Å². The predicted molar refractivity (Wildman–Crippen MR) is 123 cm³/mol. The highest BCUT2D eigenvalue weighted by molar-refractivity contribution is 5.94. The molecule has 3 atom stereocenters. The number of nitrogens with one attached hydrogen (secondary N) is 4. The van der Waals surface area contributed by atoms with Crippen molar-refractivity contribution >= 4 is 35.6 Å². The van der Waals surface area contributed by atoms with Crippen LogP contribution in [0.3, 0.4) is 0 Å². The number of aliphatic imine (C=N–C) groups is 1. The molecule has 194 valence electrons. The Balaban J connectivity index is 2.96.